The van der Waals surface area contributed by atoms with Gasteiger partial charge >= 0.3 is 0 Å². The molecule has 3 rings (SSSR count). The summed E-state index contributed by atoms with van der Waals surface area (Å²) < 4.78 is 0. The first-order valence-corrected chi connectivity index (χ1v) is 6.70. The fraction of sp³-hybridized carbons (Fsp3) is 0.412. The Morgan fingerprint density at radius 2 is 1.67 bits per heavy atom. The Kier molecular flexibility index (Phi) is 2.49. The van der Waals surface area contributed by atoms with E-state index in [1.54, 1.807) is 0 Å². The van der Waals surface area contributed by atoms with E-state index < -0.39 is 5.60 Å². The number of hydrogen-bond donors (Lipinski definition) is 1. The van der Waals surface area contributed by atoms with Crippen molar-refractivity contribution in [1.29, 1.82) is 0 Å². The van der Waals surface area contributed by atoms with Crippen LogP contribution >= 0.6 is 0 Å². The van der Waals surface area contributed by atoms with Crippen LogP contribution in [0.15, 0.2) is 42.5 Å². The second-order valence-corrected chi connectivity index (χ2v) is 6.43. The van der Waals surface area contributed by atoms with Gasteiger partial charge in [-0.25, -0.2) is 0 Å². The number of benzene rings is 2. The minimum absolute atomic E-state index is 0.250. The molecule has 1 N–H and O–H groups in total. The first-order chi connectivity index (χ1) is 8.49. The zero-order chi connectivity index (χ0) is 12.8. The average Bonchev–Trinajstić information content (AvgIpc) is 2.64. The molecule has 1 saturated carbocycles. The fourth-order valence-electron chi connectivity index (χ4n) is 3.24. The predicted molar refractivity (Wildman–Crippen MR) is 75.5 cm³/mol. The second-order valence-electron chi connectivity index (χ2n) is 6.43. The lowest BCUT2D eigenvalue weighted by molar-refractivity contribution is 0.0340. The van der Waals surface area contributed by atoms with Gasteiger partial charge in [-0.3, -0.25) is 0 Å². The maximum Gasteiger partial charge on any atom is 0.0902 e. The molecule has 1 aliphatic rings. The van der Waals surface area contributed by atoms with E-state index in [-0.39, 0.29) is 5.41 Å². The van der Waals surface area contributed by atoms with Gasteiger partial charge in [0, 0.05) is 0 Å². The van der Waals surface area contributed by atoms with Crippen molar-refractivity contribution < 1.29 is 5.11 Å². The van der Waals surface area contributed by atoms with Crippen LogP contribution in [-0.4, -0.2) is 5.11 Å². The van der Waals surface area contributed by atoms with Crippen molar-refractivity contribution in [3.8, 4) is 0 Å². The lowest BCUT2D eigenvalue weighted by Gasteiger charge is -2.26. The number of rotatable bonds is 1. The highest BCUT2D eigenvalue weighted by atomic mass is 16.3. The Morgan fingerprint density at radius 1 is 0.944 bits per heavy atom. The summed E-state index contributed by atoms with van der Waals surface area (Å²) in [7, 11) is 0. The third-order valence-corrected chi connectivity index (χ3v) is 4.27. The smallest absolute Gasteiger partial charge is 0.0902 e. The molecule has 94 valence electrons. The summed E-state index contributed by atoms with van der Waals surface area (Å²) in [5, 5.41) is 13.3. The van der Waals surface area contributed by atoms with E-state index in [0.717, 1.165) is 24.8 Å². The van der Waals surface area contributed by atoms with Gasteiger partial charge in [-0.1, -0.05) is 50.2 Å². The summed E-state index contributed by atoms with van der Waals surface area (Å²) in [6, 6.07) is 14.7. The van der Waals surface area contributed by atoms with Crippen LogP contribution in [0.3, 0.4) is 0 Å². The Labute approximate surface area is 108 Å². The van der Waals surface area contributed by atoms with Gasteiger partial charge in [0.25, 0.3) is 0 Å². The maximum atomic E-state index is 10.9. The Bertz CT molecular complexity index is 585. The van der Waals surface area contributed by atoms with E-state index in [9.17, 15) is 5.11 Å². The zero-order valence-electron chi connectivity index (χ0n) is 11.1. The lowest BCUT2D eigenvalue weighted by Crippen LogP contribution is -2.23. The first-order valence-electron chi connectivity index (χ1n) is 6.70. The molecule has 18 heavy (non-hydrogen) atoms. The van der Waals surface area contributed by atoms with Crippen molar-refractivity contribution in [2.45, 2.75) is 38.7 Å². The van der Waals surface area contributed by atoms with E-state index in [2.05, 4.69) is 56.3 Å². The van der Waals surface area contributed by atoms with Gasteiger partial charge in [-0.15, -0.1) is 0 Å². The van der Waals surface area contributed by atoms with Gasteiger partial charge in [0.15, 0.2) is 0 Å². The largest absolute Gasteiger partial charge is 0.385 e. The molecule has 1 heteroatoms. The molecule has 1 atom stereocenters. The topological polar surface area (TPSA) is 20.2 Å². The van der Waals surface area contributed by atoms with Gasteiger partial charge < -0.3 is 5.11 Å². The van der Waals surface area contributed by atoms with Crippen LogP contribution in [0.2, 0.25) is 0 Å². The average molecular weight is 240 g/mol. The summed E-state index contributed by atoms with van der Waals surface area (Å²) >= 11 is 0. The van der Waals surface area contributed by atoms with Gasteiger partial charge in [0.1, 0.15) is 0 Å². The zero-order valence-corrected chi connectivity index (χ0v) is 11.1. The lowest BCUT2D eigenvalue weighted by atomic mass is 9.85. The van der Waals surface area contributed by atoms with Crippen molar-refractivity contribution in [1.82, 2.24) is 0 Å². The van der Waals surface area contributed by atoms with Crippen molar-refractivity contribution >= 4 is 10.8 Å². The third kappa shape index (κ3) is 1.93. The van der Waals surface area contributed by atoms with Crippen LogP contribution < -0.4 is 0 Å². The van der Waals surface area contributed by atoms with Crippen LogP contribution in [0.1, 0.15) is 38.7 Å². The molecule has 0 aromatic heterocycles. The van der Waals surface area contributed by atoms with Crippen molar-refractivity contribution in [2.24, 2.45) is 5.41 Å². The summed E-state index contributed by atoms with van der Waals surface area (Å²) in [4.78, 5) is 0. The molecule has 0 saturated heterocycles. The van der Waals surface area contributed by atoms with Crippen LogP contribution in [0.4, 0.5) is 0 Å². The highest BCUT2D eigenvalue weighted by Gasteiger charge is 2.42. The minimum Gasteiger partial charge on any atom is -0.385 e. The molecule has 1 unspecified atom stereocenters. The van der Waals surface area contributed by atoms with Crippen molar-refractivity contribution in [2.75, 3.05) is 0 Å². The minimum atomic E-state index is -0.631. The van der Waals surface area contributed by atoms with Crippen LogP contribution in [-0.2, 0) is 5.60 Å². The summed E-state index contributed by atoms with van der Waals surface area (Å²) in [5.74, 6) is 0. The SMILES string of the molecule is CC1(C)CCC(O)(c2ccc3ccccc3c2)C1. The van der Waals surface area contributed by atoms with Gasteiger partial charge in [-0.2, -0.15) is 0 Å². The second kappa shape index (κ2) is 3.83. The summed E-state index contributed by atoms with van der Waals surface area (Å²) in [5.41, 5.74) is 0.695. The number of fused-ring (bicyclic) bond motifs is 1. The van der Waals surface area contributed by atoms with Crippen LogP contribution in [0.25, 0.3) is 10.8 Å². The molecule has 2 aromatic carbocycles. The van der Waals surface area contributed by atoms with Gasteiger partial charge in [0.2, 0.25) is 0 Å². The highest BCUT2D eigenvalue weighted by Crippen LogP contribution is 2.49. The number of hydrogen-bond acceptors (Lipinski definition) is 1. The molecule has 0 heterocycles. The van der Waals surface area contributed by atoms with E-state index >= 15 is 0 Å². The van der Waals surface area contributed by atoms with E-state index in [4.69, 9.17) is 0 Å². The molecule has 1 nitrogen and oxygen atoms in total. The molecule has 0 bridgehead atoms. The Balaban J connectivity index is 2.04. The molecule has 0 radical (unpaired) electrons. The Hall–Kier alpha value is -1.34. The predicted octanol–water partition coefficient (Wildman–Crippen LogP) is 4.24. The molecule has 1 fully saturated rings. The first kappa shape index (κ1) is 11.7. The van der Waals surface area contributed by atoms with Gasteiger partial charge in [0.05, 0.1) is 5.60 Å². The molecule has 0 aliphatic heterocycles. The monoisotopic (exact) mass is 240 g/mol. The van der Waals surface area contributed by atoms with E-state index in [1.165, 1.54) is 10.8 Å². The van der Waals surface area contributed by atoms with Crippen molar-refractivity contribution in [3.63, 3.8) is 0 Å². The summed E-state index contributed by atoms with van der Waals surface area (Å²) in [6.07, 6.45) is 2.83. The van der Waals surface area contributed by atoms with Crippen LogP contribution in [0, 0.1) is 5.41 Å². The van der Waals surface area contributed by atoms with E-state index in [1.807, 2.05) is 0 Å². The van der Waals surface area contributed by atoms with Gasteiger partial charge in [-0.05, 0) is 47.1 Å². The maximum absolute atomic E-state index is 10.9. The van der Waals surface area contributed by atoms with Crippen molar-refractivity contribution in [3.05, 3.63) is 48.0 Å². The summed E-state index contributed by atoms with van der Waals surface area (Å²) in [6.45, 7) is 4.48. The van der Waals surface area contributed by atoms with E-state index in [0.29, 0.717) is 0 Å². The molecular weight excluding hydrogens is 220 g/mol. The molecule has 0 amide bonds. The number of aliphatic hydroxyl groups is 1. The Morgan fingerprint density at radius 3 is 2.33 bits per heavy atom. The standard InChI is InChI=1S/C17H20O/c1-16(2)9-10-17(18,12-16)15-8-7-13-5-3-4-6-14(13)11-15/h3-8,11,18H,9-10,12H2,1-2H3. The quantitative estimate of drug-likeness (QED) is 0.790. The third-order valence-electron chi connectivity index (χ3n) is 4.27. The molecular formula is C17H20O. The molecule has 2 aromatic rings. The molecule has 0 spiro atoms. The fourth-order valence-corrected chi connectivity index (χ4v) is 3.24. The molecule has 1 aliphatic carbocycles. The highest BCUT2D eigenvalue weighted by molar-refractivity contribution is 5.83. The normalized spacial score (nSPS) is 26.6. The van der Waals surface area contributed by atoms with Crippen LogP contribution in [0.5, 0.6) is 0 Å².